The normalized spacial score (nSPS) is 11.6. The number of halogens is 2. The number of nitrogens with zero attached hydrogens (tertiary/aromatic N) is 2. The van der Waals surface area contributed by atoms with Gasteiger partial charge in [-0.1, -0.05) is 71.7 Å². The Bertz CT molecular complexity index is 1510. The van der Waals surface area contributed by atoms with E-state index in [0.29, 0.717) is 5.56 Å². The first-order valence-electron chi connectivity index (χ1n) is 10.3. The van der Waals surface area contributed by atoms with Gasteiger partial charge in [0.05, 0.1) is 16.8 Å². The molecular formula is C25H19Cl2N3O4S. The molecule has 0 aliphatic carbocycles. The number of aromatic hydroxyl groups is 1. The molecule has 35 heavy (non-hydrogen) atoms. The average molecular weight is 528 g/mol. The molecule has 0 saturated carbocycles. The van der Waals surface area contributed by atoms with Crippen LogP contribution in [0.3, 0.4) is 0 Å². The third kappa shape index (κ3) is 5.57. The number of carbonyl (C=O) groups is 1. The third-order valence-electron chi connectivity index (χ3n) is 5.08. The van der Waals surface area contributed by atoms with Gasteiger partial charge in [-0.2, -0.15) is 5.10 Å². The number of hydrogen-bond acceptors (Lipinski definition) is 5. The highest BCUT2D eigenvalue weighted by Gasteiger charge is 2.27. The van der Waals surface area contributed by atoms with E-state index in [1.807, 2.05) is 24.3 Å². The summed E-state index contributed by atoms with van der Waals surface area (Å²) in [5.74, 6) is -0.722. The van der Waals surface area contributed by atoms with Gasteiger partial charge in [0.2, 0.25) is 0 Å². The SMILES string of the molecule is O=C(CN(c1cc(Cl)cc(Cl)c1)S(=O)(=O)c1ccccc1)N/N=C\c1c(O)ccc2ccccc12. The van der Waals surface area contributed by atoms with Crippen LogP contribution in [0.5, 0.6) is 5.75 Å². The highest BCUT2D eigenvalue weighted by Crippen LogP contribution is 2.30. The zero-order valence-corrected chi connectivity index (χ0v) is 20.4. The van der Waals surface area contributed by atoms with Crippen molar-refractivity contribution in [3.8, 4) is 5.75 Å². The Labute approximate surface area is 212 Å². The van der Waals surface area contributed by atoms with Crippen molar-refractivity contribution in [2.45, 2.75) is 4.90 Å². The van der Waals surface area contributed by atoms with Gasteiger partial charge < -0.3 is 5.11 Å². The summed E-state index contributed by atoms with van der Waals surface area (Å²) in [5, 5.41) is 16.2. The van der Waals surface area contributed by atoms with E-state index in [1.54, 1.807) is 24.3 Å². The molecule has 4 aromatic carbocycles. The molecule has 0 bridgehead atoms. The Morgan fingerprint density at radius 3 is 2.31 bits per heavy atom. The first kappa shape index (κ1) is 24.5. The first-order valence-corrected chi connectivity index (χ1v) is 12.5. The molecule has 0 spiro atoms. The predicted octanol–water partition coefficient (Wildman–Crippen LogP) is 5.20. The fourth-order valence-electron chi connectivity index (χ4n) is 3.47. The van der Waals surface area contributed by atoms with Crippen molar-refractivity contribution in [2.75, 3.05) is 10.8 Å². The third-order valence-corrected chi connectivity index (χ3v) is 7.31. The Balaban J connectivity index is 1.62. The summed E-state index contributed by atoms with van der Waals surface area (Å²) in [6.45, 7) is -0.591. The van der Waals surface area contributed by atoms with Crippen molar-refractivity contribution in [1.29, 1.82) is 0 Å². The van der Waals surface area contributed by atoms with Crippen LogP contribution in [0.2, 0.25) is 10.0 Å². The van der Waals surface area contributed by atoms with E-state index in [9.17, 15) is 18.3 Å². The maximum Gasteiger partial charge on any atom is 0.264 e. The van der Waals surface area contributed by atoms with Crippen LogP contribution in [0.1, 0.15) is 5.56 Å². The molecule has 178 valence electrons. The van der Waals surface area contributed by atoms with Crippen molar-refractivity contribution >= 4 is 61.8 Å². The van der Waals surface area contributed by atoms with Gasteiger partial charge in [0.25, 0.3) is 15.9 Å². The molecule has 0 atom stereocenters. The lowest BCUT2D eigenvalue weighted by molar-refractivity contribution is -0.119. The number of anilines is 1. The Morgan fingerprint density at radius 2 is 1.60 bits per heavy atom. The highest BCUT2D eigenvalue weighted by atomic mass is 35.5. The van der Waals surface area contributed by atoms with Crippen molar-refractivity contribution in [2.24, 2.45) is 5.10 Å². The van der Waals surface area contributed by atoms with Crippen LogP contribution in [0, 0.1) is 0 Å². The number of rotatable bonds is 7. The molecule has 2 N–H and O–H groups in total. The zero-order valence-electron chi connectivity index (χ0n) is 18.1. The monoisotopic (exact) mass is 527 g/mol. The Morgan fingerprint density at radius 1 is 0.943 bits per heavy atom. The average Bonchev–Trinajstić information content (AvgIpc) is 2.83. The maximum absolute atomic E-state index is 13.4. The number of hydrazone groups is 1. The molecule has 0 aromatic heterocycles. The standard InChI is InChI=1S/C25H19Cl2N3O4S/c26-18-12-19(27)14-20(13-18)30(35(33,34)21-7-2-1-3-8-21)16-25(32)29-28-15-23-22-9-5-4-6-17(22)10-11-24(23)31/h1-15,31H,16H2,(H,29,32)/b28-15-. The lowest BCUT2D eigenvalue weighted by atomic mass is 10.0. The molecule has 4 aromatic rings. The summed E-state index contributed by atoms with van der Waals surface area (Å²) in [5.41, 5.74) is 2.86. The first-order chi connectivity index (χ1) is 16.8. The molecule has 0 radical (unpaired) electrons. The van der Waals surface area contributed by atoms with E-state index in [0.717, 1.165) is 15.1 Å². The summed E-state index contributed by atoms with van der Waals surface area (Å²) in [6.07, 6.45) is 1.31. The van der Waals surface area contributed by atoms with E-state index in [2.05, 4.69) is 10.5 Å². The van der Waals surface area contributed by atoms with Crippen LogP contribution in [0.4, 0.5) is 5.69 Å². The summed E-state index contributed by atoms with van der Waals surface area (Å²) in [4.78, 5) is 12.7. The number of amides is 1. The van der Waals surface area contributed by atoms with Gasteiger partial charge in [0, 0.05) is 15.6 Å². The number of nitrogens with one attached hydrogen (secondary N) is 1. The number of phenols is 1. The minimum atomic E-state index is -4.13. The maximum atomic E-state index is 13.4. The number of phenolic OH excluding ortho intramolecular Hbond substituents is 1. The van der Waals surface area contributed by atoms with Crippen LogP contribution >= 0.6 is 23.2 Å². The minimum Gasteiger partial charge on any atom is -0.507 e. The lowest BCUT2D eigenvalue weighted by Crippen LogP contribution is -2.39. The van der Waals surface area contributed by atoms with Crippen molar-refractivity contribution in [3.63, 3.8) is 0 Å². The van der Waals surface area contributed by atoms with Gasteiger partial charge in [-0.3, -0.25) is 9.10 Å². The van der Waals surface area contributed by atoms with E-state index >= 15 is 0 Å². The summed E-state index contributed by atoms with van der Waals surface area (Å²) < 4.78 is 27.6. The van der Waals surface area contributed by atoms with Crippen LogP contribution in [-0.4, -0.2) is 32.2 Å². The van der Waals surface area contributed by atoms with Crippen molar-refractivity contribution < 1.29 is 18.3 Å². The predicted molar refractivity (Wildman–Crippen MR) is 139 cm³/mol. The Kier molecular flexibility index (Phi) is 7.25. The van der Waals surface area contributed by atoms with E-state index < -0.39 is 22.5 Å². The quantitative estimate of drug-likeness (QED) is 0.255. The van der Waals surface area contributed by atoms with E-state index in [4.69, 9.17) is 23.2 Å². The summed E-state index contributed by atoms with van der Waals surface area (Å²) >= 11 is 12.2. The second kappa shape index (κ2) is 10.4. The van der Waals surface area contributed by atoms with Gasteiger partial charge in [0.1, 0.15) is 12.3 Å². The fourth-order valence-corrected chi connectivity index (χ4v) is 5.41. The zero-order chi connectivity index (χ0) is 25.0. The van der Waals surface area contributed by atoms with Gasteiger partial charge >= 0.3 is 0 Å². The molecule has 0 fully saturated rings. The molecule has 0 heterocycles. The topological polar surface area (TPSA) is 99.1 Å². The molecule has 7 nitrogen and oxygen atoms in total. The second-order valence-corrected chi connectivity index (χ2v) is 10.2. The molecule has 4 rings (SSSR count). The van der Waals surface area contributed by atoms with Crippen LogP contribution < -0.4 is 9.73 Å². The number of carbonyl (C=O) groups excluding carboxylic acids is 1. The number of hydrogen-bond donors (Lipinski definition) is 2. The Hall–Kier alpha value is -3.59. The molecular weight excluding hydrogens is 509 g/mol. The van der Waals surface area contributed by atoms with Crippen molar-refractivity contribution in [3.05, 3.63) is 101 Å². The van der Waals surface area contributed by atoms with Gasteiger partial charge in [-0.05, 0) is 47.2 Å². The smallest absolute Gasteiger partial charge is 0.264 e. The van der Waals surface area contributed by atoms with Crippen LogP contribution in [0.15, 0.2) is 94.9 Å². The fraction of sp³-hybridized carbons (Fsp3) is 0.0400. The molecule has 0 aliphatic heterocycles. The van der Waals surface area contributed by atoms with E-state index in [1.165, 1.54) is 42.6 Å². The van der Waals surface area contributed by atoms with Gasteiger partial charge in [-0.15, -0.1) is 0 Å². The summed E-state index contributed by atoms with van der Waals surface area (Å²) in [6, 6.07) is 22.6. The van der Waals surface area contributed by atoms with Gasteiger partial charge in [0.15, 0.2) is 0 Å². The number of sulfonamides is 1. The molecule has 1 amide bonds. The highest BCUT2D eigenvalue weighted by molar-refractivity contribution is 7.92. The molecule has 10 heteroatoms. The molecule has 0 saturated heterocycles. The lowest BCUT2D eigenvalue weighted by Gasteiger charge is -2.24. The molecule has 0 unspecified atom stereocenters. The summed E-state index contributed by atoms with van der Waals surface area (Å²) in [7, 11) is -4.13. The van der Waals surface area contributed by atoms with Crippen molar-refractivity contribution in [1.82, 2.24) is 5.43 Å². The second-order valence-electron chi connectivity index (χ2n) is 7.47. The van der Waals surface area contributed by atoms with Gasteiger partial charge in [-0.25, -0.2) is 13.8 Å². The van der Waals surface area contributed by atoms with E-state index in [-0.39, 0.29) is 26.4 Å². The number of benzene rings is 4. The van der Waals surface area contributed by atoms with Crippen LogP contribution in [-0.2, 0) is 14.8 Å². The largest absolute Gasteiger partial charge is 0.507 e. The molecule has 0 aliphatic rings. The minimum absolute atomic E-state index is 0.00641. The number of fused-ring (bicyclic) bond motifs is 1. The van der Waals surface area contributed by atoms with Crippen LogP contribution in [0.25, 0.3) is 10.8 Å².